The smallest absolute Gasteiger partial charge is 0.264 e. The molecule has 0 spiro atoms. The predicted octanol–water partition coefficient (Wildman–Crippen LogP) is 5.33. The molecule has 0 aliphatic heterocycles. The number of rotatable bonds is 12. The number of nitrogens with one attached hydrogen (secondary N) is 1. The number of hydrogen-bond donors (Lipinski definition) is 1. The van der Waals surface area contributed by atoms with Gasteiger partial charge in [0, 0.05) is 13.1 Å². The summed E-state index contributed by atoms with van der Waals surface area (Å²) < 4.78 is 42.3. The molecule has 3 aromatic rings. The normalized spacial score (nSPS) is 12.3. The van der Waals surface area contributed by atoms with E-state index in [0.29, 0.717) is 17.8 Å². The molecule has 40 heavy (non-hydrogen) atoms. The third-order valence-electron chi connectivity index (χ3n) is 6.58. The summed E-state index contributed by atoms with van der Waals surface area (Å²) in [6.07, 6.45) is 0. The molecule has 0 fully saturated rings. The fourth-order valence-electron chi connectivity index (χ4n) is 4.10. The minimum absolute atomic E-state index is 0.000883. The zero-order chi connectivity index (χ0) is 29.4. The Hall–Kier alpha value is -3.72. The van der Waals surface area contributed by atoms with E-state index in [-0.39, 0.29) is 29.2 Å². The van der Waals surface area contributed by atoms with E-state index in [9.17, 15) is 22.4 Å². The lowest BCUT2D eigenvalue weighted by atomic mass is 10.0. The maximum absolute atomic E-state index is 13.9. The van der Waals surface area contributed by atoms with Gasteiger partial charge in [-0.1, -0.05) is 70.2 Å². The van der Waals surface area contributed by atoms with Gasteiger partial charge >= 0.3 is 0 Å². The number of carbonyl (C=O) groups excluding carboxylic acids is 2. The third-order valence-corrected chi connectivity index (χ3v) is 8.36. The predicted molar refractivity (Wildman–Crippen MR) is 156 cm³/mol. The Labute approximate surface area is 237 Å². The molecule has 0 saturated carbocycles. The second kappa shape index (κ2) is 13.6. The molecule has 3 aromatic carbocycles. The number of carbonyl (C=O) groups is 2. The van der Waals surface area contributed by atoms with E-state index in [2.05, 4.69) is 5.32 Å². The van der Waals surface area contributed by atoms with Crippen LogP contribution in [0, 0.1) is 11.7 Å². The number of hydrogen-bond acceptors (Lipinski definition) is 4. The van der Waals surface area contributed by atoms with Gasteiger partial charge in [-0.05, 0) is 66.3 Å². The summed E-state index contributed by atoms with van der Waals surface area (Å²) >= 11 is 0. The summed E-state index contributed by atoms with van der Waals surface area (Å²) in [6, 6.07) is 19.7. The Bertz CT molecular complexity index is 1380. The summed E-state index contributed by atoms with van der Waals surface area (Å²) in [5, 5.41) is 2.85. The molecule has 1 N–H and O–H groups in total. The molecule has 0 aromatic heterocycles. The first-order valence-corrected chi connectivity index (χ1v) is 14.8. The average molecular weight is 568 g/mol. The first kappa shape index (κ1) is 30.8. The third kappa shape index (κ3) is 7.91. The van der Waals surface area contributed by atoms with E-state index in [4.69, 9.17) is 0 Å². The topological polar surface area (TPSA) is 86.8 Å². The average Bonchev–Trinajstić information content (AvgIpc) is 2.94. The van der Waals surface area contributed by atoms with Gasteiger partial charge in [0.2, 0.25) is 11.8 Å². The van der Waals surface area contributed by atoms with E-state index in [1.807, 2.05) is 39.8 Å². The molecule has 3 rings (SSSR count). The Morgan fingerprint density at radius 3 is 2.00 bits per heavy atom. The minimum atomic E-state index is -4.13. The van der Waals surface area contributed by atoms with Crippen molar-refractivity contribution in [3.8, 4) is 0 Å². The number of benzene rings is 3. The van der Waals surface area contributed by atoms with Crippen molar-refractivity contribution in [3.63, 3.8) is 0 Å². The van der Waals surface area contributed by atoms with Gasteiger partial charge in [0.1, 0.15) is 18.4 Å². The van der Waals surface area contributed by atoms with E-state index in [0.717, 1.165) is 9.87 Å². The highest BCUT2D eigenvalue weighted by molar-refractivity contribution is 7.92. The quantitative estimate of drug-likeness (QED) is 0.320. The van der Waals surface area contributed by atoms with Crippen molar-refractivity contribution in [2.24, 2.45) is 5.92 Å². The summed E-state index contributed by atoms with van der Waals surface area (Å²) in [7, 11) is -4.13. The van der Waals surface area contributed by atoms with Gasteiger partial charge in [-0.25, -0.2) is 12.8 Å². The summed E-state index contributed by atoms with van der Waals surface area (Å²) in [4.78, 5) is 28.3. The minimum Gasteiger partial charge on any atom is -0.354 e. The van der Waals surface area contributed by atoms with Crippen LogP contribution in [0.1, 0.15) is 51.7 Å². The maximum atomic E-state index is 13.9. The molecule has 0 aliphatic rings. The number of sulfonamides is 1. The van der Waals surface area contributed by atoms with Crippen molar-refractivity contribution in [1.82, 2.24) is 10.2 Å². The standard InChI is InChI=1S/C31H38FN3O4S/c1-22(2)19-33-31(37)24(5)34(20-25-11-15-27(32)16-12-25)30(36)21-35(28-17-13-26(14-18-28)23(3)4)40(38,39)29-9-7-6-8-10-29/h6-18,22-24H,19-21H2,1-5H3,(H,33,37). The fourth-order valence-corrected chi connectivity index (χ4v) is 5.53. The van der Waals surface area contributed by atoms with Crippen molar-refractivity contribution >= 4 is 27.5 Å². The molecule has 7 nitrogen and oxygen atoms in total. The van der Waals surface area contributed by atoms with Crippen molar-refractivity contribution in [2.75, 3.05) is 17.4 Å². The monoisotopic (exact) mass is 567 g/mol. The number of amides is 2. The Morgan fingerprint density at radius 1 is 0.850 bits per heavy atom. The van der Waals surface area contributed by atoms with Crippen LogP contribution in [-0.2, 0) is 26.2 Å². The second-order valence-corrected chi connectivity index (χ2v) is 12.4. The van der Waals surface area contributed by atoms with E-state index < -0.39 is 34.3 Å². The van der Waals surface area contributed by atoms with Crippen LogP contribution in [0.15, 0.2) is 83.8 Å². The zero-order valence-electron chi connectivity index (χ0n) is 23.7. The molecular formula is C31H38FN3O4S. The lowest BCUT2D eigenvalue weighted by Gasteiger charge is -2.32. The van der Waals surface area contributed by atoms with Crippen LogP contribution in [0.25, 0.3) is 0 Å². The largest absolute Gasteiger partial charge is 0.354 e. The van der Waals surface area contributed by atoms with Crippen LogP contribution in [0.2, 0.25) is 0 Å². The molecule has 214 valence electrons. The Balaban J connectivity index is 2.01. The highest BCUT2D eigenvalue weighted by Gasteiger charge is 2.32. The van der Waals surface area contributed by atoms with E-state index in [1.165, 1.54) is 41.3 Å². The highest BCUT2D eigenvalue weighted by Crippen LogP contribution is 2.26. The maximum Gasteiger partial charge on any atom is 0.264 e. The van der Waals surface area contributed by atoms with E-state index >= 15 is 0 Å². The SMILES string of the molecule is CC(C)CNC(=O)C(C)N(Cc1ccc(F)cc1)C(=O)CN(c1ccc(C(C)C)cc1)S(=O)(=O)c1ccccc1. The summed E-state index contributed by atoms with van der Waals surface area (Å²) in [5.74, 6) is -0.898. The van der Waals surface area contributed by atoms with Crippen molar-refractivity contribution in [2.45, 2.75) is 58.0 Å². The van der Waals surface area contributed by atoms with Crippen LogP contribution in [-0.4, -0.2) is 44.3 Å². The van der Waals surface area contributed by atoms with Crippen molar-refractivity contribution in [1.29, 1.82) is 0 Å². The van der Waals surface area contributed by atoms with Crippen LogP contribution in [0.5, 0.6) is 0 Å². The molecule has 0 bridgehead atoms. The molecule has 0 saturated heterocycles. The van der Waals surface area contributed by atoms with Gasteiger partial charge in [0.05, 0.1) is 10.6 Å². The molecule has 0 aliphatic carbocycles. The van der Waals surface area contributed by atoms with Gasteiger partial charge in [-0.3, -0.25) is 13.9 Å². The molecule has 9 heteroatoms. The Kier molecular flexibility index (Phi) is 10.5. The number of anilines is 1. The van der Waals surface area contributed by atoms with Crippen LogP contribution in [0.3, 0.4) is 0 Å². The summed E-state index contributed by atoms with van der Waals surface area (Å²) in [6.45, 7) is 9.50. The lowest BCUT2D eigenvalue weighted by molar-refractivity contribution is -0.139. The van der Waals surface area contributed by atoms with Crippen LogP contribution in [0.4, 0.5) is 10.1 Å². The lowest BCUT2D eigenvalue weighted by Crippen LogP contribution is -2.51. The van der Waals surface area contributed by atoms with Gasteiger partial charge in [0.15, 0.2) is 0 Å². The first-order chi connectivity index (χ1) is 18.9. The van der Waals surface area contributed by atoms with Gasteiger partial charge in [0.25, 0.3) is 10.0 Å². The molecule has 0 heterocycles. The van der Waals surface area contributed by atoms with Crippen molar-refractivity contribution < 1.29 is 22.4 Å². The molecule has 1 unspecified atom stereocenters. The fraction of sp³-hybridized carbons (Fsp3) is 0.355. The van der Waals surface area contributed by atoms with Gasteiger partial charge in [-0.15, -0.1) is 0 Å². The summed E-state index contributed by atoms with van der Waals surface area (Å²) in [5.41, 5.74) is 1.97. The van der Waals surface area contributed by atoms with E-state index in [1.54, 1.807) is 37.3 Å². The van der Waals surface area contributed by atoms with Gasteiger partial charge < -0.3 is 10.2 Å². The molecule has 2 amide bonds. The second-order valence-electron chi connectivity index (χ2n) is 10.5. The Morgan fingerprint density at radius 2 is 1.45 bits per heavy atom. The highest BCUT2D eigenvalue weighted by atomic mass is 32.2. The van der Waals surface area contributed by atoms with Gasteiger partial charge in [-0.2, -0.15) is 0 Å². The number of nitrogens with zero attached hydrogens (tertiary/aromatic N) is 2. The molecule has 0 radical (unpaired) electrons. The first-order valence-electron chi connectivity index (χ1n) is 13.4. The molecular weight excluding hydrogens is 529 g/mol. The van der Waals surface area contributed by atoms with Crippen molar-refractivity contribution in [3.05, 3.63) is 95.8 Å². The zero-order valence-corrected chi connectivity index (χ0v) is 24.5. The van der Waals surface area contributed by atoms with Crippen LogP contribution < -0.4 is 9.62 Å². The van der Waals surface area contributed by atoms with Crippen LogP contribution >= 0.6 is 0 Å². The number of halogens is 1. The molecule has 1 atom stereocenters.